The Hall–Kier alpha value is -1.89. The number of carbonyl (C=O) groups excluding carboxylic acids is 2. The fourth-order valence-corrected chi connectivity index (χ4v) is 6.39. The van der Waals surface area contributed by atoms with Crippen LogP contribution in [0.1, 0.15) is 219 Å². The Morgan fingerprint density at radius 3 is 1.47 bits per heavy atom. The summed E-state index contributed by atoms with van der Waals surface area (Å²) in [4.78, 5) is 36.2. The molecule has 288 valence electrons. The third-order valence-corrected chi connectivity index (χ3v) is 9.58. The van der Waals surface area contributed by atoms with E-state index in [0.717, 1.165) is 57.8 Å². The molecule has 0 rings (SSSR count). The van der Waals surface area contributed by atoms with E-state index in [2.05, 4.69) is 31.3 Å². The highest BCUT2D eigenvalue weighted by Gasteiger charge is 2.19. The number of hydrogen-bond acceptors (Lipinski definition) is 5. The summed E-state index contributed by atoms with van der Waals surface area (Å²) in [6.45, 7) is 4.92. The predicted molar refractivity (Wildman–Crippen MR) is 207 cm³/mol. The lowest BCUT2D eigenvalue weighted by Gasteiger charge is -2.18. The molecule has 0 heterocycles. The Morgan fingerprint density at radius 2 is 1.00 bits per heavy atom. The number of allylic oxidation sites excluding steroid dienone is 2. The third-order valence-electron chi connectivity index (χ3n) is 9.58. The summed E-state index contributed by atoms with van der Waals surface area (Å²) >= 11 is 0. The first-order valence-electron chi connectivity index (χ1n) is 21.0. The lowest BCUT2D eigenvalue weighted by molar-refractivity contribution is -0.150. The van der Waals surface area contributed by atoms with E-state index in [1.807, 2.05) is 0 Å². The highest BCUT2D eigenvalue weighted by Crippen LogP contribution is 2.18. The summed E-state index contributed by atoms with van der Waals surface area (Å²) in [5.41, 5.74) is 5.47. The second kappa shape index (κ2) is 37.4. The molecule has 0 aromatic heterocycles. The molecule has 1 amide bonds. The zero-order valence-corrected chi connectivity index (χ0v) is 32.3. The molecule has 0 saturated carbocycles. The van der Waals surface area contributed by atoms with Crippen molar-refractivity contribution in [2.24, 2.45) is 5.73 Å². The van der Waals surface area contributed by atoms with Crippen LogP contribution in [0.15, 0.2) is 12.2 Å². The fourth-order valence-electron chi connectivity index (χ4n) is 6.39. The Balaban J connectivity index is 4.08. The number of nitrogens with one attached hydrogen (secondary N) is 1. The maximum atomic E-state index is 12.7. The maximum absolute atomic E-state index is 12.7. The molecule has 49 heavy (non-hydrogen) atoms. The number of carboxylic acids is 1. The van der Waals surface area contributed by atoms with Crippen molar-refractivity contribution in [3.63, 3.8) is 0 Å². The Labute approximate surface area is 302 Å². The average Bonchev–Trinajstić information content (AvgIpc) is 3.08. The topological polar surface area (TPSA) is 119 Å². The van der Waals surface area contributed by atoms with E-state index in [4.69, 9.17) is 10.5 Å². The van der Waals surface area contributed by atoms with Gasteiger partial charge in [-0.3, -0.25) is 9.59 Å². The molecule has 0 aliphatic heterocycles. The number of rotatable bonds is 38. The molecular weight excluding hydrogens is 612 g/mol. The number of carbonyl (C=O) groups is 3. The molecule has 0 aliphatic rings. The van der Waals surface area contributed by atoms with Gasteiger partial charge in [-0.15, -0.1) is 0 Å². The number of amides is 1. The lowest BCUT2D eigenvalue weighted by atomic mass is 10.0. The van der Waals surface area contributed by atoms with Gasteiger partial charge in [-0.05, 0) is 83.6 Å². The highest BCUT2D eigenvalue weighted by molar-refractivity contribution is 5.83. The van der Waals surface area contributed by atoms with Gasteiger partial charge in [-0.2, -0.15) is 0 Å². The normalized spacial score (nSPS) is 12.7. The standard InChI is InChI=1S/C42H80N2O5/c1-3-5-7-9-11-12-13-14-15-16-17-18-19-20-21-22-24-30-36-41(46)49-38(32-27-23-10-8-6-4-2)33-28-25-26-29-35-40(45)44-39(42(47)48)34-31-37-43/h15-16,38-39H,3-14,17-37,43H2,1-2H3,(H,44,45)(H,47,48)/b16-15-. The maximum Gasteiger partial charge on any atom is 0.326 e. The molecule has 0 aromatic rings. The van der Waals surface area contributed by atoms with Crippen LogP contribution in [0.4, 0.5) is 0 Å². The molecule has 0 aromatic carbocycles. The largest absolute Gasteiger partial charge is 0.480 e. The van der Waals surface area contributed by atoms with Crippen molar-refractivity contribution in [3.8, 4) is 0 Å². The molecule has 0 aliphatic carbocycles. The summed E-state index contributed by atoms with van der Waals surface area (Å²) in [6.07, 6.45) is 39.8. The minimum atomic E-state index is -1.01. The molecule has 2 atom stereocenters. The quantitative estimate of drug-likeness (QED) is 0.0337. The van der Waals surface area contributed by atoms with E-state index >= 15 is 0 Å². The first kappa shape index (κ1) is 47.1. The monoisotopic (exact) mass is 693 g/mol. The number of carboxylic acid groups (broad SMARTS) is 1. The van der Waals surface area contributed by atoms with Gasteiger partial charge in [-0.1, -0.05) is 142 Å². The Bertz CT molecular complexity index is 787. The summed E-state index contributed by atoms with van der Waals surface area (Å²) < 4.78 is 5.98. The summed E-state index contributed by atoms with van der Waals surface area (Å²) in [5.74, 6) is -1.26. The number of esters is 1. The van der Waals surface area contributed by atoms with Crippen molar-refractivity contribution in [2.75, 3.05) is 6.54 Å². The lowest BCUT2D eigenvalue weighted by Crippen LogP contribution is -2.40. The van der Waals surface area contributed by atoms with Gasteiger partial charge in [0.05, 0.1) is 0 Å². The Kier molecular flexibility index (Phi) is 35.9. The van der Waals surface area contributed by atoms with E-state index in [0.29, 0.717) is 32.2 Å². The first-order valence-corrected chi connectivity index (χ1v) is 21.0. The zero-order chi connectivity index (χ0) is 36.0. The molecule has 0 bridgehead atoms. The van der Waals surface area contributed by atoms with Gasteiger partial charge in [0.15, 0.2) is 0 Å². The second-order valence-corrected chi connectivity index (χ2v) is 14.4. The van der Waals surface area contributed by atoms with Crippen LogP contribution in [0.3, 0.4) is 0 Å². The van der Waals surface area contributed by atoms with Crippen molar-refractivity contribution in [1.82, 2.24) is 5.32 Å². The Morgan fingerprint density at radius 1 is 0.571 bits per heavy atom. The minimum Gasteiger partial charge on any atom is -0.480 e. The molecule has 0 saturated heterocycles. The number of nitrogens with two attached hydrogens (primary N) is 1. The van der Waals surface area contributed by atoms with Crippen molar-refractivity contribution in [2.45, 2.75) is 231 Å². The smallest absolute Gasteiger partial charge is 0.326 e. The van der Waals surface area contributed by atoms with E-state index in [1.165, 1.54) is 122 Å². The van der Waals surface area contributed by atoms with E-state index < -0.39 is 12.0 Å². The minimum absolute atomic E-state index is 0.00885. The number of hydrogen-bond donors (Lipinski definition) is 3. The van der Waals surface area contributed by atoms with Crippen LogP contribution in [0.2, 0.25) is 0 Å². The van der Waals surface area contributed by atoms with Gasteiger partial charge in [0, 0.05) is 12.8 Å². The van der Waals surface area contributed by atoms with Crippen LogP contribution < -0.4 is 11.1 Å². The van der Waals surface area contributed by atoms with Crippen molar-refractivity contribution < 1.29 is 24.2 Å². The first-order chi connectivity index (χ1) is 23.9. The zero-order valence-electron chi connectivity index (χ0n) is 32.3. The van der Waals surface area contributed by atoms with Crippen molar-refractivity contribution >= 4 is 17.8 Å². The summed E-state index contributed by atoms with van der Waals surface area (Å²) in [6, 6.07) is -0.861. The van der Waals surface area contributed by atoms with Gasteiger partial charge < -0.3 is 20.9 Å². The molecule has 2 unspecified atom stereocenters. The van der Waals surface area contributed by atoms with E-state index in [-0.39, 0.29) is 18.0 Å². The molecule has 0 radical (unpaired) electrons. The van der Waals surface area contributed by atoms with Gasteiger partial charge in [0.1, 0.15) is 12.1 Å². The SMILES string of the molecule is CCCCCCCCC/C=C\CCCCCCCCCC(=O)OC(CCCCCCCC)CCCCCCC(=O)NC(CCCN)C(=O)O. The fraction of sp³-hybridized carbons (Fsp3) is 0.881. The molecule has 0 spiro atoms. The van der Waals surface area contributed by atoms with Crippen LogP contribution in [0.5, 0.6) is 0 Å². The second-order valence-electron chi connectivity index (χ2n) is 14.4. The van der Waals surface area contributed by atoms with E-state index in [1.54, 1.807) is 0 Å². The molecule has 0 fully saturated rings. The molecule has 7 nitrogen and oxygen atoms in total. The van der Waals surface area contributed by atoms with Crippen LogP contribution in [0.25, 0.3) is 0 Å². The summed E-state index contributed by atoms with van der Waals surface area (Å²) in [7, 11) is 0. The van der Waals surface area contributed by atoms with Gasteiger partial charge in [-0.25, -0.2) is 4.79 Å². The van der Waals surface area contributed by atoms with Crippen molar-refractivity contribution in [3.05, 3.63) is 12.2 Å². The molecule has 4 N–H and O–H groups in total. The van der Waals surface area contributed by atoms with Gasteiger partial charge in [0.25, 0.3) is 0 Å². The average molecular weight is 693 g/mol. The van der Waals surface area contributed by atoms with Crippen LogP contribution in [-0.2, 0) is 19.1 Å². The van der Waals surface area contributed by atoms with Gasteiger partial charge >= 0.3 is 11.9 Å². The predicted octanol–water partition coefficient (Wildman–Crippen LogP) is 11.5. The van der Waals surface area contributed by atoms with Crippen molar-refractivity contribution in [1.29, 1.82) is 0 Å². The molecular formula is C42H80N2O5. The highest BCUT2D eigenvalue weighted by atomic mass is 16.5. The molecule has 7 heteroatoms. The third kappa shape index (κ3) is 34.3. The van der Waals surface area contributed by atoms with E-state index in [9.17, 15) is 19.5 Å². The van der Waals surface area contributed by atoms with Crippen LogP contribution in [0, 0.1) is 0 Å². The number of ether oxygens (including phenoxy) is 1. The number of aliphatic carboxylic acids is 1. The number of unbranched alkanes of at least 4 members (excludes halogenated alkanes) is 22. The van der Waals surface area contributed by atoms with Crippen LogP contribution >= 0.6 is 0 Å². The van der Waals surface area contributed by atoms with Gasteiger partial charge in [0.2, 0.25) is 5.91 Å². The van der Waals surface area contributed by atoms with Crippen LogP contribution in [-0.4, -0.2) is 41.6 Å². The summed E-state index contributed by atoms with van der Waals surface area (Å²) in [5, 5.41) is 11.9.